The van der Waals surface area contributed by atoms with Crippen LogP contribution in [0.1, 0.15) is 15.9 Å². The lowest BCUT2D eigenvalue weighted by Gasteiger charge is -2.07. The van der Waals surface area contributed by atoms with Gasteiger partial charge in [0.15, 0.2) is 0 Å². The normalized spacial score (nSPS) is 10.2. The fourth-order valence-electron chi connectivity index (χ4n) is 1.69. The Hall–Kier alpha value is -2.44. The van der Waals surface area contributed by atoms with Gasteiger partial charge in [-0.25, -0.2) is 4.79 Å². The molecule has 7 heteroatoms. The first kappa shape index (κ1) is 15.0. The van der Waals surface area contributed by atoms with E-state index in [1.807, 2.05) is 0 Å². The minimum absolute atomic E-state index is 0.145. The maximum absolute atomic E-state index is 12.0. The van der Waals surface area contributed by atoms with Gasteiger partial charge in [0.25, 0.3) is 0 Å². The highest BCUT2D eigenvalue weighted by Gasteiger charge is 2.19. The summed E-state index contributed by atoms with van der Waals surface area (Å²) in [5.41, 5.74) is 6.00. The van der Waals surface area contributed by atoms with Crippen LogP contribution >= 0.6 is 11.6 Å². The average Bonchev–Trinajstić information content (AvgIpc) is 2.46. The Bertz CT molecular complexity index is 703. The second kappa shape index (κ2) is 6.34. The molecular weight excluding hydrogens is 296 g/mol. The Kier molecular flexibility index (Phi) is 4.52. The largest absolute Gasteiger partial charge is 0.416 e. The van der Waals surface area contributed by atoms with Crippen LogP contribution in [0.3, 0.4) is 0 Å². The zero-order chi connectivity index (χ0) is 15.4. The molecule has 0 atom stereocenters. The van der Waals surface area contributed by atoms with E-state index in [0.717, 1.165) is 0 Å². The van der Waals surface area contributed by atoms with E-state index < -0.39 is 10.9 Å². The quantitative estimate of drug-likeness (QED) is 0.405. The molecular formula is C14H11ClN2O4. The Balaban J connectivity index is 2.33. The van der Waals surface area contributed by atoms with Crippen molar-refractivity contribution in [3.8, 4) is 5.75 Å². The molecule has 0 aromatic heterocycles. The monoisotopic (exact) mass is 306 g/mol. The molecule has 0 saturated carbocycles. The third-order valence-corrected chi connectivity index (χ3v) is 2.95. The summed E-state index contributed by atoms with van der Waals surface area (Å²) in [7, 11) is 0. The van der Waals surface area contributed by atoms with Crippen LogP contribution in [0.2, 0.25) is 5.02 Å². The maximum Gasteiger partial charge on any atom is 0.343 e. The highest BCUT2D eigenvalue weighted by atomic mass is 35.5. The molecule has 0 aliphatic carbocycles. The Morgan fingerprint density at radius 2 is 2.05 bits per heavy atom. The molecule has 0 bridgehead atoms. The van der Waals surface area contributed by atoms with Gasteiger partial charge >= 0.3 is 11.7 Å². The van der Waals surface area contributed by atoms with E-state index in [-0.39, 0.29) is 23.5 Å². The van der Waals surface area contributed by atoms with Crippen molar-refractivity contribution in [2.75, 3.05) is 0 Å². The summed E-state index contributed by atoms with van der Waals surface area (Å²) < 4.78 is 5.10. The number of nitro benzene ring substituents is 1. The predicted molar refractivity (Wildman–Crippen MR) is 77.4 cm³/mol. The van der Waals surface area contributed by atoms with Crippen molar-refractivity contribution >= 4 is 23.3 Å². The van der Waals surface area contributed by atoms with Crippen molar-refractivity contribution < 1.29 is 14.5 Å². The van der Waals surface area contributed by atoms with Gasteiger partial charge in [0.1, 0.15) is 0 Å². The van der Waals surface area contributed by atoms with Gasteiger partial charge in [-0.3, -0.25) is 10.1 Å². The topological polar surface area (TPSA) is 95.5 Å². The van der Waals surface area contributed by atoms with Crippen LogP contribution in [-0.4, -0.2) is 10.9 Å². The number of hydrogen-bond acceptors (Lipinski definition) is 5. The van der Waals surface area contributed by atoms with E-state index in [1.165, 1.54) is 30.3 Å². The van der Waals surface area contributed by atoms with Crippen molar-refractivity contribution in [3.63, 3.8) is 0 Å². The lowest BCUT2D eigenvalue weighted by molar-refractivity contribution is -0.385. The zero-order valence-corrected chi connectivity index (χ0v) is 11.5. The second-order valence-corrected chi connectivity index (χ2v) is 4.60. The minimum atomic E-state index is -0.727. The van der Waals surface area contributed by atoms with Gasteiger partial charge in [-0.15, -0.1) is 0 Å². The number of benzene rings is 2. The number of nitrogens with two attached hydrogens (primary N) is 1. The summed E-state index contributed by atoms with van der Waals surface area (Å²) in [4.78, 5) is 22.3. The summed E-state index contributed by atoms with van der Waals surface area (Å²) in [6.07, 6.45) is 0. The second-order valence-electron chi connectivity index (χ2n) is 4.16. The number of esters is 1. The van der Waals surface area contributed by atoms with Crippen LogP contribution in [0.5, 0.6) is 5.75 Å². The molecule has 108 valence electrons. The molecule has 2 rings (SSSR count). The molecule has 2 N–H and O–H groups in total. The van der Waals surface area contributed by atoms with Gasteiger partial charge in [0.2, 0.25) is 5.75 Å². The van der Waals surface area contributed by atoms with Gasteiger partial charge in [-0.1, -0.05) is 23.7 Å². The van der Waals surface area contributed by atoms with Crippen LogP contribution in [0, 0.1) is 10.1 Å². The first-order valence-electron chi connectivity index (χ1n) is 5.96. The van der Waals surface area contributed by atoms with Gasteiger partial charge in [-0.05, 0) is 29.8 Å². The molecule has 6 nitrogen and oxygen atoms in total. The number of nitro groups is 1. The van der Waals surface area contributed by atoms with E-state index in [1.54, 1.807) is 12.1 Å². The van der Waals surface area contributed by atoms with Crippen molar-refractivity contribution in [2.45, 2.75) is 6.54 Å². The smallest absolute Gasteiger partial charge is 0.343 e. The molecule has 0 aliphatic heterocycles. The highest BCUT2D eigenvalue weighted by molar-refractivity contribution is 6.30. The molecule has 0 amide bonds. The zero-order valence-electron chi connectivity index (χ0n) is 10.8. The van der Waals surface area contributed by atoms with Crippen molar-refractivity contribution in [3.05, 3.63) is 68.7 Å². The van der Waals surface area contributed by atoms with Gasteiger partial charge in [0.05, 0.1) is 10.5 Å². The van der Waals surface area contributed by atoms with E-state index in [2.05, 4.69) is 0 Å². The molecule has 0 saturated heterocycles. The number of ether oxygens (including phenoxy) is 1. The third kappa shape index (κ3) is 3.56. The number of nitrogens with zero attached hydrogens (tertiary/aromatic N) is 1. The van der Waals surface area contributed by atoms with Crippen molar-refractivity contribution in [1.82, 2.24) is 0 Å². The highest BCUT2D eigenvalue weighted by Crippen LogP contribution is 2.28. The molecule has 2 aromatic rings. The SMILES string of the molecule is NCc1ccc([N+](=O)[O-])c(OC(=O)c2cccc(Cl)c2)c1. The van der Waals surface area contributed by atoms with Gasteiger partial charge in [-0.2, -0.15) is 0 Å². The standard InChI is InChI=1S/C14H11ClN2O4/c15-11-3-1-2-10(7-11)14(18)21-13-6-9(8-16)4-5-12(13)17(19)20/h1-7H,8,16H2. The van der Waals surface area contributed by atoms with Crippen molar-refractivity contribution in [2.24, 2.45) is 5.73 Å². The van der Waals surface area contributed by atoms with Crippen molar-refractivity contribution in [1.29, 1.82) is 0 Å². The minimum Gasteiger partial charge on any atom is -0.416 e. The third-order valence-electron chi connectivity index (χ3n) is 2.72. The Morgan fingerprint density at radius 1 is 1.29 bits per heavy atom. The van der Waals surface area contributed by atoms with E-state index in [0.29, 0.717) is 10.6 Å². The number of halogens is 1. The fraction of sp³-hybridized carbons (Fsp3) is 0.0714. The van der Waals surface area contributed by atoms with E-state index in [9.17, 15) is 14.9 Å². The van der Waals surface area contributed by atoms with Crippen LogP contribution in [0.15, 0.2) is 42.5 Å². The van der Waals surface area contributed by atoms with Crippen LogP contribution in [0.25, 0.3) is 0 Å². The lowest BCUT2D eigenvalue weighted by Crippen LogP contribution is -2.10. The molecule has 0 aliphatic rings. The first-order valence-corrected chi connectivity index (χ1v) is 6.34. The number of carbonyl (C=O) groups excluding carboxylic acids is 1. The van der Waals surface area contributed by atoms with Crippen LogP contribution in [0.4, 0.5) is 5.69 Å². The molecule has 0 radical (unpaired) electrons. The van der Waals surface area contributed by atoms with E-state index in [4.69, 9.17) is 22.1 Å². The van der Waals surface area contributed by atoms with Gasteiger partial charge in [0, 0.05) is 17.6 Å². The molecule has 0 heterocycles. The summed E-state index contributed by atoms with van der Waals surface area (Å²) in [5.74, 6) is -0.873. The maximum atomic E-state index is 12.0. The number of rotatable bonds is 4. The fourth-order valence-corrected chi connectivity index (χ4v) is 1.88. The number of carbonyl (C=O) groups is 1. The summed E-state index contributed by atoms with van der Waals surface area (Å²) in [6, 6.07) is 10.3. The summed E-state index contributed by atoms with van der Waals surface area (Å²) in [6.45, 7) is 0.180. The van der Waals surface area contributed by atoms with Gasteiger partial charge < -0.3 is 10.5 Å². The molecule has 2 aromatic carbocycles. The predicted octanol–water partition coefficient (Wildman–Crippen LogP) is 2.93. The molecule has 0 unspecified atom stereocenters. The average molecular weight is 307 g/mol. The Labute approximate surface area is 125 Å². The molecule has 0 fully saturated rings. The first-order chi connectivity index (χ1) is 10.0. The summed E-state index contributed by atoms with van der Waals surface area (Å²) in [5, 5.41) is 11.3. The van der Waals surface area contributed by atoms with E-state index >= 15 is 0 Å². The molecule has 21 heavy (non-hydrogen) atoms. The molecule has 0 spiro atoms. The Morgan fingerprint density at radius 3 is 2.67 bits per heavy atom. The lowest BCUT2D eigenvalue weighted by atomic mass is 10.2. The number of hydrogen-bond donors (Lipinski definition) is 1. The summed E-state index contributed by atoms with van der Waals surface area (Å²) >= 11 is 5.79. The van der Waals surface area contributed by atoms with Crippen LogP contribution < -0.4 is 10.5 Å². The van der Waals surface area contributed by atoms with Crippen LogP contribution in [-0.2, 0) is 6.54 Å².